The molecule has 1 atom stereocenters. The van der Waals surface area contributed by atoms with Gasteiger partial charge < -0.3 is 19.4 Å². The molecule has 2 aromatic heterocycles. The number of fused-ring (bicyclic) bond motifs is 1. The number of thiazole rings is 1. The summed E-state index contributed by atoms with van der Waals surface area (Å²) in [5.41, 5.74) is 1.75. The molecule has 1 amide bonds. The smallest absolute Gasteiger partial charge is 0.410 e. The number of anilines is 2. The monoisotopic (exact) mass is 603 g/mol. The number of halogens is 1. The normalized spacial score (nSPS) is 16.8. The maximum atomic E-state index is 13.6. The maximum Gasteiger partial charge on any atom is 0.410 e. The lowest BCUT2D eigenvalue weighted by molar-refractivity contribution is 0.0240. The zero-order valence-corrected chi connectivity index (χ0v) is 26.2. The van der Waals surface area contributed by atoms with E-state index in [0.717, 1.165) is 41.5 Å². The van der Waals surface area contributed by atoms with Crippen molar-refractivity contribution in [1.82, 2.24) is 14.9 Å². The summed E-state index contributed by atoms with van der Waals surface area (Å²) in [6, 6.07) is 12.4. The Morgan fingerprint density at radius 3 is 2.51 bits per heavy atom. The Morgan fingerprint density at radius 1 is 1.14 bits per heavy atom. The van der Waals surface area contributed by atoms with Gasteiger partial charge in [-0.15, -0.1) is 0 Å². The predicted octanol–water partition coefficient (Wildman–Crippen LogP) is 4.96. The number of carbonyl (C=O) groups excluding carboxylic acids is 1. The van der Waals surface area contributed by atoms with Gasteiger partial charge in [0.05, 0.1) is 11.1 Å². The molecule has 9 nitrogen and oxygen atoms in total. The van der Waals surface area contributed by atoms with Gasteiger partial charge in [0.1, 0.15) is 39.2 Å². The number of rotatable bonds is 7. The molecule has 0 N–H and O–H groups in total. The highest BCUT2D eigenvalue weighted by Gasteiger charge is 2.29. The van der Waals surface area contributed by atoms with Gasteiger partial charge in [-0.25, -0.2) is 19.2 Å². The van der Waals surface area contributed by atoms with Gasteiger partial charge in [0.25, 0.3) is 0 Å². The molecular formula is C32H38FN7O2S. The molecule has 1 unspecified atom stereocenters. The molecule has 2 aliphatic rings. The second kappa shape index (κ2) is 12.7. The number of hydrogen-bond acceptors (Lipinski definition) is 9. The van der Waals surface area contributed by atoms with Gasteiger partial charge in [-0.1, -0.05) is 31.1 Å². The van der Waals surface area contributed by atoms with E-state index in [0.29, 0.717) is 54.0 Å². The molecule has 11 heteroatoms. The quantitative estimate of drug-likeness (QED) is 0.377. The van der Waals surface area contributed by atoms with Crippen LogP contribution in [-0.2, 0) is 4.74 Å². The predicted molar refractivity (Wildman–Crippen MR) is 167 cm³/mol. The van der Waals surface area contributed by atoms with E-state index in [1.54, 1.807) is 17.0 Å². The number of nitrogens with zero attached hydrogens (tertiary/aromatic N) is 7. The molecule has 3 aromatic rings. The molecule has 1 aromatic carbocycles. The van der Waals surface area contributed by atoms with Crippen LogP contribution >= 0.6 is 11.3 Å². The van der Waals surface area contributed by atoms with Crippen molar-refractivity contribution < 1.29 is 13.9 Å². The SMILES string of the molecule is CCCCC1CN=c2ccc(N3CCN(C(=O)OC(C)(C)C)CC3)nc2=C1N(C)c1nc(-c2ccc(F)cc2)c(C#N)s1. The van der Waals surface area contributed by atoms with Crippen molar-refractivity contribution in [2.45, 2.75) is 52.6 Å². The third-order valence-electron chi connectivity index (χ3n) is 7.62. The van der Waals surface area contributed by atoms with E-state index in [-0.39, 0.29) is 17.8 Å². The highest BCUT2D eigenvalue weighted by atomic mass is 32.1. The number of benzene rings is 1. The standard InChI is InChI=1S/C32H38FN7O2S/c1-6-7-8-22-20-35-24-13-14-26(39-15-17-40(18-16-39)31(41)42-32(2,3)4)36-28(24)29(22)38(5)30-37-27(25(19-34)43-30)21-9-11-23(33)12-10-21/h9-14,22H,6-8,15-18,20H2,1-5H3. The molecule has 0 aliphatic carbocycles. The lowest BCUT2D eigenvalue weighted by Gasteiger charge is -2.36. The van der Waals surface area contributed by atoms with E-state index in [1.807, 2.05) is 40.0 Å². The van der Waals surface area contributed by atoms with E-state index < -0.39 is 5.60 Å². The van der Waals surface area contributed by atoms with Crippen LogP contribution in [0, 0.1) is 23.1 Å². The Morgan fingerprint density at radius 2 is 1.86 bits per heavy atom. The lowest BCUT2D eigenvalue weighted by Crippen LogP contribution is -2.51. The molecule has 5 rings (SSSR count). The Bertz CT molecular complexity index is 1630. The molecule has 4 heterocycles. The molecule has 2 aliphatic heterocycles. The lowest BCUT2D eigenvalue weighted by atomic mass is 9.95. The number of nitriles is 1. The van der Waals surface area contributed by atoms with Gasteiger partial charge in [0, 0.05) is 51.3 Å². The number of amides is 1. The number of aromatic nitrogens is 2. The third kappa shape index (κ3) is 6.80. The molecule has 1 fully saturated rings. The average Bonchev–Trinajstić information content (AvgIpc) is 3.43. The summed E-state index contributed by atoms with van der Waals surface area (Å²) in [5, 5.41) is 12.2. The number of ether oxygens (including phenoxy) is 1. The summed E-state index contributed by atoms with van der Waals surface area (Å²) in [4.78, 5) is 34.0. The van der Waals surface area contributed by atoms with Crippen LogP contribution in [-0.4, -0.2) is 66.3 Å². The number of carbonyl (C=O) groups is 1. The first kappa shape index (κ1) is 30.4. The summed E-state index contributed by atoms with van der Waals surface area (Å²) in [6.45, 7) is 10.8. The summed E-state index contributed by atoms with van der Waals surface area (Å²) in [7, 11) is 1.98. The average molecular weight is 604 g/mol. The summed E-state index contributed by atoms with van der Waals surface area (Å²) in [6.07, 6.45) is 2.79. The van der Waals surface area contributed by atoms with Crippen LogP contribution in [0.25, 0.3) is 17.0 Å². The molecule has 0 bridgehead atoms. The van der Waals surface area contributed by atoms with Crippen molar-refractivity contribution in [3.63, 3.8) is 0 Å². The fraction of sp³-hybridized carbons (Fsp3) is 0.469. The molecule has 1 saturated heterocycles. The van der Waals surface area contributed by atoms with Crippen molar-refractivity contribution >= 4 is 34.1 Å². The number of piperazine rings is 1. The van der Waals surface area contributed by atoms with Gasteiger partial charge in [-0.05, 0) is 63.6 Å². The van der Waals surface area contributed by atoms with Crippen molar-refractivity contribution in [2.75, 3.05) is 49.6 Å². The van der Waals surface area contributed by atoms with Gasteiger partial charge in [0.2, 0.25) is 0 Å². The topological polar surface area (TPSA) is 97.9 Å². The molecular weight excluding hydrogens is 565 g/mol. The van der Waals surface area contributed by atoms with E-state index >= 15 is 0 Å². The van der Waals surface area contributed by atoms with E-state index in [2.05, 4.69) is 22.8 Å². The largest absolute Gasteiger partial charge is 0.444 e. The van der Waals surface area contributed by atoms with Crippen LogP contribution in [0.3, 0.4) is 0 Å². The number of pyridine rings is 1. The van der Waals surface area contributed by atoms with Gasteiger partial charge in [0.15, 0.2) is 5.13 Å². The summed E-state index contributed by atoms with van der Waals surface area (Å²) < 4.78 is 19.2. The van der Waals surface area contributed by atoms with Crippen molar-refractivity contribution in [2.24, 2.45) is 10.9 Å². The zero-order valence-electron chi connectivity index (χ0n) is 25.4. The zero-order chi connectivity index (χ0) is 30.7. The Balaban J connectivity index is 1.49. The van der Waals surface area contributed by atoms with E-state index in [9.17, 15) is 14.4 Å². The maximum absolute atomic E-state index is 13.6. The van der Waals surface area contributed by atoms with Crippen molar-refractivity contribution in [3.8, 4) is 17.3 Å². The summed E-state index contributed by atoms with van der Waals surface area (Å²) >= 11 is 1.32. The van der Waals surface area contributed by atoms with Gasteiger partial charge in [-0.3, -0.25) is 4.99 Å². The first-order valence-electron chi connectivity index (χ1n) is 14.8. The Kier molecular flexibility index (Phi) is 8.97. The Hall–Kier alpha value is -4.04. The van der Waals surface area contributed by atoms with Crippen LogP contribution in [0.4, 0.5) is 20.1 Å². The minimum absolute atomic E-state index is 0.146. The number of hydrogen-bond donors (Lipinski definition) is 0. The van der Waals surface area contributed by atoms with Crippen LogP contribution in [0.15, 0.2) is 41.4 Å². The van der Waals surface area contributed by atoms with Crippen LogP contribution in [0.1, 0.15) is 51.8 Å². The third-order valence-corrected chi connectivity index (χ3v) is 8.65. The molecule has 43 heavy (non-hydrogen) atoms. The Labute approximate surface area is 256 Å². The van der Waals surface area contributed by atoms with Gasteiger partial charge in [-0.2, -0.15) is 5.26 Å². The number of unbranched alkanes of at least 4 members (excludes halogenated alkanes) is 1. The summed E-state index contributed by atoms with van der Waals surface area (Å²) in [5.74, 6) is 0.649. The van der Waals surface area contributed by atoms with Crippen LogP contribution in [0.2, 0.25) is 0 Å². The first-order chi connectivity index (χ1) is 20.6. The van der Waals surface area contributed by atoms with E-state index in [1.165, 1.54) is 23.5 Å². The fourth-order valence-corrected chi connectivity index (χ4v) is 6.27. The second-order valence-electron chi connectivity index (χ2n) is 11.9. The minimum Gasteiger partial charge on any atom is -0.444 e. The minimum atomic E-state index is -0.532. The van der Waals surface area contributed by atoms with Crippen LogP contribution < -0.4 is 20.5 Å². The second-order valence-corrected chi connectivity index (χ2v) is 12.9. The van der Waals surface area contributed by atoms with E-state index in [4.69, 9.17) is 19.7 Å². The molecule has 0 spiro atoms. The first-order valence-corrected chi connectivity index (χ1v) is 15.6. The highest BCUT2D eigenvalue weighted by molar-refractivity contribution is 7.16. The molecule has 226 valence electrons. The molecule has 0 saturated carbocycles. The van der Waals surface area contributed by atoms with Crippen LogP contribution in [0.5, 0.6) is 0 Å². The fourth-order valence-electron chi connectivity index (χ4n) is 5.41. The van der Waals surface area contributed by atoms with Crippen molar-refractivity contribution in [3.05, 3.63) is 57.8 Å². The van der Waals surface area contributed by atoms with Gasteiger partial charge >= 0.3 is 6.09 Å². The molecule has 0 radical (unpaired) electrons. The highest BCUT2D eigenvalue weighted by Crippen LogP contribution is 2.36. The van der Waals surface area contributed by atoms with Crippen molar-refractivity contribution in [1.29, 1.82) is 5.26 Å².